The molecular formula is C14H28. The highest BCUT2D eigenvalue weighted by Gasteiger charge is 2.25. The normalized spacial score (nSPS) is 37.5. The van der Waals surface area contributed by atoms with Crippen molar-refractivity contribution in [2.45, 2.75) is 72.1 Å². The summed E-state index contributed by atoms with van der Waals surface area (Å²) in [6, 6.07) is 0. The highest BCUT2D eigenvalue weighted by atomic mass is 14.3. The molecule has 0 aliphatic heterocycles. The van der Waals surface area contributed by atoms with E-state index in [9.17, 15) is 0 Å². The van der Waals surface area contributed by atoms with Crippen LogP contribution in [0.4, 0.5) is 0 Å². The van der Waals surface area contributed by atoms with Gasteiger partial charge in [0.15, 0.2) is 0 Å². The maximum Gasteiger partial charge on any atom is -0.0409 e. The lowest BCUT2D eigenvalue weighted by Gasteiger charge is -2.15. The van der Waals surface area contributed by atoms with Gasteiger partial charge in [-0.1, -0.05) is 59.3 Å². The van der Waals surface area contributed by atoms with E-state index in [-0.39, 0.29) is 0 Å². The lowest BCUT2D eigenvalue weighted by Crippen LogP contribution is -2.03. The van der Waals surface area contributed by atoms with E-state index >= 15 is 0 Å². The summed E-state index contributed by atoms with van der Waals surface area (Å²) in [7, 11) is 0. The van der Waals surface area contributed by atoms with Gasteiger partial charge < -0.3 is 0 Å². The Labute approximate surface area is 90.5 Å². The molecule has 0 amide bonds. The first-order chi connectivity index (χ1) is 6.84. The van der Waals surface area contributed by atoms with Gasteiger partial charge in [-0.05, 0) is 30.6 Å². The molecule has 0 spiro atoms. The topological polar surface area (TPSA) is 0 Å². The van der Waals surface area contributed by atoms with Gasteiger partial charge in [-0.2, -0.15) is 0 Å². The molecule has 0 saturated heterocycles. The molecule has 0 radical (unpaired) electrons. The summed E-state index contributed by atoms with van der Waals surface area (Å²) in [6.07, 6.45) is 12.3. The van der Waals surface area contributed by atoms with E-state index in [1.54, 1.807) is 19.3 Å². The number of hydrogen-bond donors (Lipinski definition) is 0. The molecule has 3 atom stereocenters. The fourth-order valence-corrected chi connectivity index (χ4v) is 3.26. The molecule has 0 heterocycles. The Balaban J connectivity index is 0.000000461. The van der Waals surface area contributed by atoms with Crippen molar-refractivity contribution in [3.05, 3.63) is 0 Å². The van der Waals surface area contributed by atoms with Gasteiger partial charge in [0, 0.05) is 0 Å². The first-order valence-electron chi connectivity index (χ1n) is 6.84. The van der Waals surface area contributed by atoms with Crippen molar-refractivity contribution < 1.29 is 0 Å². The second kappa shape index (κ2) is 6.48. The van der Waals surface area contributed by atoms with Crippen LogP contribution in [0, 0.1) is 17.8 Å². The van der Waals surface area contributed by atoms with Crippen molar-refractivity contribution in [3.8, 4) is 0 Å². The Bertz CT molecular complexity index is 139. The summed E-state index contributed by atoms with van der Waals surface area (Å²) < 4.78 is 0. The lowest BCUT2D eigenvalue weighted by molar-refractivity contribution is 0.365. The van der Waals surface area contributed by atoms with Crippen molar-refractivity contribution in [1.82, 2.24) is 0 Å². The predicted molar refractivity (Wildman–Crippen MR) is 64.4 cm³/mol. The minimum Gasteiger partial charge on any atom is -0.0683 e. The molecule has 84 valence electrons. The average molecular weight is 196 g/mol. The van der Waals surface area contributed by atoms with E-state index in [0.29, 0.717) is 0 Å². The van der Waals surface area contributed by atoms with E-state index in [0.717, 1.165) is 17.8 Å². The number of fused-ring (bicyclic) bond motifs is 2. The summed E-state index contributed by atoms with van der Waals surface area (Å²) >= 11 is 0. The van der Waals surface area contributed by atoms with E-state index in [1.807, 2.05) is 13.8 Å². The summed E-state index contributed by atoms with van der Waals surface area (Å²) in [4.78, 5) is 0. The Hall–Kier alpha value is 0. The molecule has 0 aromatic carbocycles. The van der Waals surface area contributed by atoms with Crippen LogP contribution >= 0.6 is 0 Å². The Morgan fingerprint density at radius 2 is 1.36 bits per heavy atom. The van der Waals surface area contributed by atoms with Crippen molar-refractivity contribution in [2.24, 2.45) is 17.8 Å². The van der Waals surface area contributed by atoms with Crippen LogP contribution in [0.15, 0.2) is 0 Å². The van der Waals surface area contributed by atoms with E-state index in [4.69, 9.17) is 0 Å². The summed E-state index contributed by atoms with van der Waals surface area (Å²) in [5, 5.41) is 0. The van der Waals surface area contributed by atoms with Gasteiger partial charge in [0.25, 0.3) is 0 Å². The van der Waals surface area contributed by atoms with Gasteiger partial charge in [-0.3, -0.25) is 0 Å². The molecule has 0 nitrogen and oxygen atoms in total. The Kier molecular flexibility index (Phi) is 5.59. The molecule has 2 saturated carbocycles. The molecule has 14 heavy (non-hydrogen) atoms. The standard InChI is InChI=1S/C12H22.C2H6/c1-10-6-7-11-4-2-3-5-12(8-10)9-11;1-2/h10-12H,2-9H2,1H3;1-2H3. The number of hydrogen-bond acceptors (Lipinski definition) is 0. The van der Waals surface area contributed by atoms with Gasteiger partial charge in [0.1, 0.15) is 0 Å². The molecule has 2 fully saturated rings. The highest BCUT2D eigenvalue weighted by Crippen LogP contribution is 2.38. The number of rotatable bonds is 0. The second-order valence-corrected chi connectivity index (χ2v) is 5.17. The SMILES string of the molecule is CC.CC1CCC2CCCCC(C1)C2. The zero-order chi connectivity index (χ0) is 10.4. The summed E-state index contributed by atoms with van der Waals surface area (Å²) in [5.41, 5.74) is 0. The summed E-state index contributed by atoms with van der Waals surface area (Å²) in [5.74, 6) is 3.25. The molecule has 3 unspecified atom stereocenters. The predicted octanol–water partition coefficient (Wildman–Crippen LogP) is 5.03. The van der Waals surface area contributed by atoms with Crippen LogP contribution in [0.5, 0.6) is 0 Å². The third kappa shape index (κ3) is 3.63. The molecule has 0 aromatic rings. The van der Waals surface area contributed by atoms with Gasteiger partial charge in [-0.25, -0.2) is 0 Å². The molecule has 2 aliphatic carbocycles. The molecular weight excluding hydrogens is 168 g/mol. The summed E-state index contributed by atoms with van der Waals surface area (Å²) in [6.45, 7) is 6.46. The van der Waals surface area contributed by atoms with Crippen molar-refractivity contribution in [3.63, 3.8) is 0 Å². The van der Waals surface area contributed by atoms with Crippen LogP contribution in [-0.2, 0) is 0 Å². The van der Waals surface area contributed by atoms with Crippen LogP contribution in [0.1, 0.15) is 72.1 Å². The Morgan fingerprint density at radius 1 is 0.714 bits per heavy atom. The highest BCUT2D eigenvalue weighted by molar-refractivity contribution is 4.77. The minimum absolute atomic E-state index is 1.03. The smallest absolute Gasteiger partial charge is 0.0409 e. The van der Waals surface area contributed by atoms with Crippen molar-refractivity contribution in [1.29, 1.82) is 0 Å². The van der Waals surface area contributed by atoms with Gasteiger partial charge in [0.2, 0.25) is 0 Å². The van der Waals surface area contributed by atoms with Gasteiger partial charge in [0.05, 0.1) is 0 Å². The monoisotopic (exact) mass is 196 g/mol. The minimum atomic E-state index is 1.03. The van der Waals surface area contributed by atoms with Gasteiger partial charge >= 0.3 is 0 Å². The largest absolute Gasteiger partial charge is 0.0683 e. The van der Waals surface area contributed by atoms with Crippen LogP contribution in [0.25, 0.3) is 0 Å². The molecule has 0 N–H and O–H groups in total. The molecule has 2 aliphatic rings. The first-order valence-corrected chi connectivity index (χ1v) is 6.84. The molecule has 2 rings (SSSR count). The quantitative estimate of drug-likeness (QED) is 0.510. The second-order valence-electron chi connectivity index (χ2n) is 5.17. The fraction of sp³-hybridized carbons (Fsp3) is 1.00. The van der Waals surface area contributed by atoms with Gasteiger partial charge in [-0.15, -0.1) is 0 Å². The fourth-order valence-electron chi connectivity index (χ4n) is 3.26. The van der Waals surface area contributed by atoms with E-state index in [2.05, 4.69) is 6.92 Å². The van der Waals surface area contributed by atoms with Crippen LogP contribution < -0.4 is 0 Å². The lowest BCUT2D eigenvalue weighted by atomic mass is 9.91. The van der Waals surface area contributed by atoms with Crippen LogP contribution in [-0.4, -0.2) is 0 Å². The van der Waals surface area contributed by atoms with Crippen molar-refractivity contribution >= 4 is 0 Å². The zero-order valence-corrected chi connectivity index (χ0v) is 10.4. The molecule has 2 bridgehead atoms. The van der Waals surface area contributed by atoms with E-state index in [1.165, 1.54) is 32.1 Å². The van der Waals surface area contributed by atoms with Crippen LogP contribution in [0.3, 0.4) is 0 Å². The third-order valence-corrected chi connectivity index (χ3v) is 3.94. The maximum atomic E-state index is 2.46. The average Bonchev–Trinajstić information content (AvgIpc) is 2.53. The molecule has 0 heteroatoms. The maximum absolute atomic E-state index is 2.46. The third-order valence-electron chi connectivity index (χ3n) is 3.94. The van der Waals surface area contributed by atoms with Crippen LogP contribution in [0.2, 0.25) is 0 Å². The zero-order valence-electron chi connectivity index (χ0n) is 10.4. The van der Waals surface area contributed by atoms with Crippen molar-refractivity contribution in [2.75, 3.05) is 0 Å². The molecule has 0 aromatic heterocycles. The Morgan fingerprint density at radius 3 is 2.07 bits per heavy atom. The first kappa shape index (κ1) is 12.1. The van der Waals surface area contributed by atoms with E-state index < -0.39 is 0 Å².